The van der Waals surface area contributed by atoms with Gasteiger partial charge in [0.15, 0.2) is 0 Å². The molecule has 5 heteroatoms. The van der Waals surface area contributed by atoms with Gasteiger partial charge in [-0.3, -0.25) is 14.7 Å². The lowest BCUT2D eigenvalue weighted by molar-refractivity contribution is -0.117. The van der Waals surface area contributed by atoms with Crippen LogP contribution in [-0.4, -0.2) is 29.4 Å². The van der Waals surface area contributed by atoms with E-state index in [1.807, 2.05) is 42.3 Å². The van der Waals surface area contributed by atoms with E-state index in [2.05, 4.69) is 10.3 Å². The summed E-state index contributed by atoms with van der Waals surface area (Å²) in [4.78, 5) is 18.0. The van der Waals surface area contributed by atoms with Crippen LogP contribution in [0.3, 0.4) is 0 Å². The van der Waals surface area contributed by atoms with Crippen molar-refractivity contribution >= 4 is 17.3 Å². The first-order valence-corrected chi connectivity index (χ1v) is 6.37. The average molecular weight is 270 g/mol. The molecule has 0 fully saturated rings. The SMILES string of the molecule is CN(CC(=O)Nc1cccc(N)c1)Cc1ccccn1. The van der Waals surface area contributed by atoms with Gasteiger partial charge in [0.1, 0.15) is 0 Å². The first-order chi connectivity index (χ1) is 9.63. The standard InChI is InChI=1S/C15H18N4O/c1-19(10-14-6-2-3-8-17-14)11-15(20)18-13-7-4-5-12(16)9-13/h2-9H,10-11,16H2,1H3,(H,18,20). The van der Waals surface area contributed by atoms with Gasteiger partial charge < -0.3 is 11.1 Å². The quantitative estimate of drug-likeness (QED) is 0.812. The number of rotatable bonds is 5. The fourth-order valence-corrected chi connectivity index (χ4v) is 1.89. The molecule has 3 N–H and O–H groups in total. The molecule has 0 spiro atoms. The maximum absolute atomic E-state index is 11.9. The van der Waals surface area contributed by atoms with Crippen LogP contribution in [-0.2, 0) is 11.3 Å². The van der Waals surface area contributed by atoms with Crippen molar-refractivity contribution in [2.24, 2.45) is 0 Å². The minimum absolute atomic E-state index is 0.0750. The first-order valence-electron chi connectivity index (χ1n) is 6.37. The summed E-state index contributed by atoms with van der Waals surface area (Å²) in [5.74, 6) is -0.0750. The summed E-state index contributed by atoms with van der Waals surface area (Å²) in [6.45, 7) is 0.927. The number of nitrogens with one attached hydrogen (secondary N) is 1. The Labute approximate surface area is 118 Å². The molecular formula is C15H18N4O. The molecule has 0 atom stereocenters. The van der Waals surface area contributed by atoms with Gasteiger partial charge in [0.05, 0.1) is 12.2 Å². The Bertz CT molecular complexity index is 571. The molecule has 5 nitrogen and oxygen atoms in total. The van der Waals surface area contributed by atoms with Gasteiger partial charge in [0.2, 0.25) is 5.91 Å². The Hall–Kier alpha value is -2.40. The monoisotopic (exact) mass is 270 g/mol. The van der Waals surface area contributed by atoms with Crippen molar-refractivity contribution < 1.29 is 4.79 Å². The first kappa shape index (κ1) is 14.0. The second kappa shape index (κ2) is 6.68. The highest BCUT2D eigenvalue weighted by Gasteiger charge is 2.08. The molecule has 0 unspecified atom stereocenters. The summed E-state index contributed by atoms with van der Waals surface area (Å²) in [5.41, 5.74) is 7.94. The second-order valence-corrected chi connectivity index (χ2v) is 4.67. The van der Waals surface area contributed by atoms with Crippen molar-refractivity contribution in [2.75, 3.05) is 24.6 Å². The number of carbonyl (C=O) groups excluding carboxylic acids is 1. The molecule has 0 aliphatic heterocycles. The van der Waals surface area contributed by atoms with E-state index >= 15 is 0 Å². The minimum Gasteiger partial charge on any atom is -0.399 e. The molecule has 1 amide bonds. The lowest BCUT2D eigenvalue weighted by Gasteiger charge is -2.15. The van der Waals surface area contributed by atoms with Crippen molar-refractivity contribution in [2.45, 2.75) is 6.54 Å². The Morgan fingerprint density at radius 1 is 1.30 bits per heavy atom. The number of hydrogen-bond acceptors (Lipinski definition) is 4. The molecule has 0 bridgehead atoms. The normalized spacial score (nSPS) is 10.5. The molecule has 0 saturated heterocycles. The maximum Gasteiger partial charge on any atom is 0.238 e. The van der Waals surface area contributed by atoms with Crippen LogP contribution < -0.4 is 11.1 Å². The molecule has 1 heterocycles. The summed E-state index contributed by atoms with van der Waals surface area (Å²) in [6.07, 6.45) is 1.75. The van der Waals surface area contributed by atoms with Crippen molar-refractivity contribution in [3.05, 3.63) is 54.4 Å². The van der Waals surface area contributed by atoms with Gasteiger partial charge >= 0.3 is 0 Å². The van der Waals surface area contributed by atoms with Crippen molar-refractivity contribution in [3.63, 3.8) is 0 Å². The number of nitrogens with two attached hydrogens (primary N) is 1. The number of pyridine rings is 1. The van der Waals surface area contributed by atoms with E-state index in [0.29, 0.717) is 24.5 Å². The summed E-state index contributed by atoms with van der Waals surface area (Å²) in [7, 11) is 1.88. The third-order valence-corrected chi connectivity index (χ3v) is 2.74. The van der Waals surface area contributed by atoms with Crippen LogP contribution in [0.1, 0.15) is 5.69 Å². The van der Waals surface area contributed by atoms with E-state index in [1.165, 1.54) is 0 Å². The Morgan fingerprint density at radius 2 is 2.15 bits per heavy atom. The van der Waals surface area contributed by atoms with E-state index in [0.717, 1.165) is 5.69 Å². The van der Waals surface area contributed by atoms with Crippen LogP contribution in [0.5, 0.6) is 0 Å². The molecule has 1 aromatic heterocycles. The molecule has 1 aromatic carbocycles. The van der Waals surface area contributed by atoms with E-state index in [9.17, 15) is 4.79 Å². The molecule has 0 aliphatic carbocycles. The highest BCUT2D eigenvalue weighted by molar-refractivity contribution is 5.92. The van der Waals surface area contributed by atoms with Gasteiger partial charge in [0.25, 0.3) is 0 Å². The number of anilines is 2. The molecule has 0 saturated carbocycles. The molecule has 2 rings (SSSR count). The third kappa shape index (κ3) is 4.37. The molecule has 0 radical (unpaired) electrons. The summed E-state index contributed by atoms with van der Waals surface area (Å²) < 4.78 is 0. The van der Waals surface area contributed by atoms with E-state index in [-0.39, 0.29) is 5.91 Å². The number of aromatic nitrogens is 1. The number of benzene rings is 1. The fraction of sp³-hybridized carbons (Fsp3) is 0.200. The highest BCUT2D eigenvalue weighted by Crippen LogP contribution is 2.11. The predicted octanol–water partition coefficient (Wildman–Crippen LogP) is 1.73. The lowest BCUT2D eigenvalue weighted by Crippen LogP contribution is -2.30. The average Bonchev–Trinajstić information content (AvgIpc) is 2.39. The fourth-order valence-electron chi connectivity index (χ4n) is 1.89. The number of carbonyl (C=O) groups is 1. The zero-order chi connectivity index (χ0) is 14.4. The predicted molar refractivity (Wildman–Crippen MR) is 80.1 cm³/mol. The Morgan fingerprint density at radius 3 is 2.85 bits per heavy atom. The van der Waals surface area contributed by atoms with Crippen molar-refractivity contribution in [1.82, 2.24) is 9.88 Å². The van der Waals surface area contributed by atoms with Gasteiger partial charge in [-0.05, 0) is 37.4 Å². The second-order valence-electron chi connectivity index (χ2n) is 4.67. The topological polar surface area (TPSA) is 71.2 Å². The zero-order valence-electron chi connectivity index (χ0n) is 11.4. The Balaban J connectivity index is 1.85. The van der Waals surface area contributed by atoms with Crippen LogP contribution in [0, 0.1) is 0 Å². The molecule has 20 heavy (non-hydrogen) atoms. The molecular weight excluding hydrogens is 252 g/mol. The van der Waals surface area contributed by atoms with E-state index < -0.39 is 0 Å². The summed E-state index contributed by atoms with van der Waals surface area (Å²) in [5, 5.41) is 2.82. The van der Waals surface area contributed by atoms with Gasteiger partial charge in [0, 0.05) is 24.1 Å². The summed E-state index contributed by atoms with van der Waals surface area (Å²) in [6, 6.07) is 12.9. The van der Waals surface area contributed by atoms with Gasteiger partial charge in [-0.15, -0.1) is 0 Å². The smallest absolute Gasteiger partial charge is 0.238 e. The van der Waals surface area contributed by atoms with E-state index in [1.54, 1.807) is 18.3 Å². The van der Waals surface area contributed by atoms with Crippen LogP contribution in [0.4, 0.5) is 11.4 Å². The number of nitrogens with zero attached hydrogens (tertiary/aromatic N) is 2. The number of nitrogen functional groups attached to an aromatic ring is 1. The van der Waals surface area contributed by atoms with Crippen molar-refractivity contribution in [3.8, 4) is 0 Å². The van der Waals surface area contributed by atoms with Gasteiger partial charge in [-0.1, -0.05) is 12.1 Å². The van der Waals surface area contributed by atoms with Crippen molar-refractivity contribution in [1.29, 1.82) is 0 Å². The van der Waals surface area contributed by atoms with Crippen LogP contribution in [0.2, 0.25) is 0 Å². The zero-order valence-corrected chi connectivity index (χ0v) is 11.4. The lowest BCUT2D eigenvalue weighted by atomic mass is 10.3. The molecule has 0 aliphatic rings. The van der Waals surface area contributed by atoms with Crippen LogP contribution in [0.25, 0.3) is 0 Å². The van der Waals surface area contributed by atoms with Crippen LogP contribution >= 0.6 is 0 Å². The Kier molecular flexibility index (Phi) is 4.68. The number of hydrogen-bond donors (Lipinski definition) is 2. The van der Waals surface area contributed by atoms with Crippen LogP contribution in [0.15, 0.2) is 48.7 Å². The highest BCUT2D eigenvalue weighted by atomic mass is 16.2. The number of amides is 1. The number of likely N-dealkylation sites (N-methyl/N-ethyl adjacent to an activating group) is 1. The molecule has 104 valence electrons. The third-order valence-electron chi connectivity index (χ3n) is 2.74. The summed E-state index contributed by atoms with van der Waals surface area (Å²) >= 11 is 0. The van der Waals surface area contributed by atoms with E-state index in [4.69, 9.17) is 5.73 Å². The minimum atomic E-state index is -0.0750. The van der Waals surface area contributed by atoms with Gasteiger partial charge in [-0.2, -0.15) is 0 Å². The van der Waals surface area contributed by atoms with Gasteiger partial charge in [-0.25, -0.2) is 0 Å². The molecule has 2 aromatic rings. The maximum atomic E-state index is 11.9. The largest absolute Gasteiger partial charge is 0.399 e.